The Hall–Kier alpha value is -1.68. The molecule has 2 rings (SSSR count). The first-order valence-corrected chi connectivity index (χ1v) is 6.92. The predicted octanol–water partition coefficient (Wildman–Crippen LogP) is 2.69. The Balaban J connectivity index is 2.10. The lowest BCUT2D eigenvalue weighted by molar-refractivity contribution is 0.316. The van der Waals surface area contributed by atoms with Crippen molar-refractivity contribution in [1.82, 2.24) is 14.9 Å². The van der Waals surface area contributed by atoms with E-state index in [-0.39, 0.29) is 0 Å². The van der Waals surface area contributed by atoms with Gasteiger partial charge in [0.15, 0.2) is 0 Å². The molecule has 1 heterocycles. The van der Waals surface area contributed by atoms with Gasteiger partial charge < -0.3 is 10.2 Å². The molecule has 0 fully saturated rings. The number of likely N-dealkylation sites (N-methyl/N-ethyl adjacent to an activating group) is 1. The van der Waals surface area contributed by atoms with Gasteiger partial charge in [-0.05, 0) is 32.1 Å². The van der Waals surface area contributed by atoms with Crippen molar-refractivity contribution in [3.63, 3.8) is 0 Å². The van der Waals surface area contributed by atoms with Crippen molar-refractivity contribution < 1.29 is 0 Å². The summed E-state index contributed by atoms with van der Waals surface area (Å²) in [4.78, 5) is 11.0. The molecule has 0 saturated carbocycles. The second-order valence-corrected chi connectivity index (χ2v) is 4.70. The van der Waals surface area contributed by atoms with E-state index in [4.69, 9.17) is 0 Å². The first-order valence-electron chi connectivity index (χ1n) is 6.92. The molecule has 0 aliphatic rings. The van der Waals surface area contributed by atoms with E-state index in [0.717, 1.165) is 42.9 Å². The first kappa shape index (κ1) is 13.7. The predicted molar refractivity (Wildman–Crippen MR) is 80.6 cm³/mol. The zero-order valence-corrected chi connectivity index (χ0v) is 12.0. The average Bonchev–Trinajstić information content (AvgIpc) is 2.44. The molecular weight excluding hydrogens is 236 g/mol. The van der Waals surface area contributed by atoms with Gasteiger partial charge in [0.25, 0.3) is 0 Å². The molecule has 1 aromatic heterocycles. The van der Waals surface area contributed by atoms with Crippen LogP contribution in [0, 0.1) is 6.92 Å². The van der Waals surface area contributed by atoms with E-state index in [9.17, 15) is 0 Å². The molecule has 19 heavy (non-hydrogen) atoms. The van der Waals surface area contributed by atoms with Gasteiger partial charge in [0.2, 0.25) is 0 Å². The van der Waals surface area contributed by atoms with E-state index >= 15 is 0 Å². The molecule has 4 nitrogen and oxygen atoms in total. The summed E-state index contributed by atoms with van der Waals surface area (Å²) in [6.07, 6.45) is 1.62. The molecule has 0 bridgehead atoms. The first-order chi connectivity index (χ1) is 9.24. The van der Waals surface area contributed by atoms with Crippen LogP contribution in [0.5, 0.6) is 0 Å². The smallest absolute Gasteiger partial charge is 0.137 e. The number of nitrogens with zero attached hydrogens (tertiary/aromatic N) is 3. The minimum atomic E-state index is 0.904. The summed E-state index contributed by atoms with van der Waals surface area (Å²) in [6, 6.07) is 6.26. The van der Waals surface area contributed by atoms with Crippen molar-refractivity contribution in [1.29, 1.82) is 0 Å². The van der Waals surface area contributed by atoms with Crippen molar-refractivity contribution >= 4 is 16.7 Å². The van der Waals surface area contributed by atoms with Gasteiger partial charge >= 0.3 is 0 Å². The van der Waals surface area contributed by atoms with Gasteiger partial charge in [-0.25, -0.2) is 9.97 Å². The van der Waals surface area contributed by atoms with Gasteiger partial charge in [-0.15, -0.1) is 0 Å². The van der Waals surface area contributed by atoms with Crippen LogP contribution in [0.3, 0.4) is 0 Å². The number of aryl methyl sites for hydroxylation is 1. The molecule has 0 amide bonds. The third-order valence-electron chi connectivity index (χ3n) is 3.41. The number of fused-ring (bicyclic) bond motifs is 1. The van der Waals surface area contributed by atoms with E-state index < -0.39 is 0 Å². The Labute approximate surface area is 114 Å². The molecule has 0 saturated heterocycles. The van der Waals surface area contributed by atoms with Crippen LogP contribution in [-0.4, -0.2) is 41.0 Å². The summed E-state index contributed by atoms with van der Waals surface area (Å²) in [5, 5.41) is 4.52. The lowest BCUT2D eigenvalue weighted by atomic mass is 10.1. The Morgan fingerprint density at radius 1 is 1.16 bits per heavy atom. The van der Waals surface area contributed by atoms with Gasteiger partial charge in [0, 0.05) is 18.5 Å². The average molecular weight is 258 g/mol. The molecule has 102 valence electrons. The lowest BCUT2D eigenvalue weighted by Gasteiger charge is -2.18. The van der Waals surface area contributed by atoms with Crippen LogP contribution < -0.4 is 5.32 Å². The highest BCUT2D eigenvalue weighted by Gasteiger charge is 2.04. The van der Waals surface area contributed by atoms with E-state index in [1.54, 1.807) is 6.33 Å². The third kappa shape index (κ3) is 3.41. The standard InChI is InChI=1S/C15H22N4/c1-4-19(5-2)9-8-16-15-13-10-12(3)6-7-14(13)17-11-18-15/h6-7,10-11H,4-5,8-9H2,1-3H3,(H,16,17,18). The number of rotatable bonds is 6. The molecule has 0 unspecified atom stereocenters. The molecular formula is C15H22N4. The maximum Gasteiger partial charge on any atom is 0.137 e. The highest BCUT2D eigenvalue weighted by Crippen LogP contribution is 2.19. The zero-order chi connectivity index (χ0) is 13.7. The Morgan fingerprint density at radius 2 is 1.95 bits per heavy atom. The van der Waals surface area contributed by atoms with Gasteiger partial charge in [-0.1, -0.05) is 25.5 Å². The number of hydrogen-bond acceptors (Lipinski definition) is 4. The molecule has 1 N–H and O–H groups in total. The SMILES string of the molecule is CCN(CC)CCNc1ncnc2ccc(C)cc12. The highest BCUT2D eigenvalue weighted by molar-refractivity contribution is 5.89. The van der Waals surface area contributed by atoms with E-state index in [2.05, 4.69) is 53.1 Å². The molecule has 4 heteroatoms. The summed E-state index contributed by atoms with van der Waals surface area (Å²) in [5.74, 6) is 0.931. The van der Waals surface area contributed by atoms with Crippen molar-refractivity contribution in [3.8, 4) is 0 Å². The molecule has 0 atom stereocenters. The van der Waals surface area contributed by atoms with E-state index in [0.29, 0.717) is 0 Å². The van der Waals surface area contributed by atoms with Crippen LogP contribution in [-0.2, 0) is 0 Å². The van der Waals surface area contributed by atoms with Gasteiger partial charge in [-0.2, -0.15) is 0 Å². The molecule has 0 aliphatic heterocycles. The molecule has 0 aliphatic carbocycles. The molecule has 2 aromatic rings. The van der Waals surface area contributed by atoms with E-state index in [1.165, 1.54) is 5.56 Å². The maximum absolute atomic E-state index is 4.36. The van der Waals surface area contributed by atoms with Crippen LogP contribution in [0.25, 0.3) is 10.9 Å². The fraction of sp³-hybridized carbons (Fsp3) is 0.467. The summed E-state index contributed by atoms with van der Waals surface area (Å²) < 4.78 is 0. The number of aromatic nitrogens is 2. The van der Waals surface area contributed by atoms with Crippen LogP contribution >= 0.6 is 0 Å². The molecule has 0 radical (unpaired) electrons. The number of benzene rings is 1. The molecule has 1 aromatic carbocycles. The Morgan fingerprint density at radius 3 is 2.68 bits per heavy atom. The van der Waals surface area contributed by atoms with E-state index in [1.807, 2.05) is 6.07 Å². The summed E-state index contributed by atoms with van der Waals surface area (Å²) in [6.45, 7) is 10.6. The van der Waals surface area contributed by atoms with Crippen molar-refractivity contribution in [2.45, 2.75) is 20.8 Å². The second-order valence-electron chi connectivity index (χ2n) is 4.70. The normalized spacial score (nSPS) is 11.2. The summed E-state index contributed by atoms with van der Waals surface area (Å²) in [5.41, 5.74) is 2.22. The highest BCUT2D eigenvalue weighted by atomic mass is 15.1. The quantitative estimate of drug-likeness (QED) is 0.865. The number of nitrogens with one attached hydrogen (secondary N) is 1. The monoisotopic (exact) mass is 258 g/mol. The van der Waals surface area contributed by atoms with Crippen LogP contribution in [0.4, 0.5) is 5.82 Å². The Bertz CT molecular complexity index is 535. The van der Waals surface area contributed by atoms with Crippen LogP contribution in [0.1, 0.15) is 19.4 Å². The van der Waals surface area contributed by atoms with Crippen LogP contribution in [0.15, 0.2) is 24.5 Å². The van der Waals surface area contributed by atoms with Crippen molar-refractivity contribution in [2.24, 2.45) is 0 Å². The van der Waals surface area contributed by atoms with Crippen molar-refractivity contribution in [2.75, 3.05) is 31.5 Å². The lowest BCUT2D eigenvalue weighted by Crippen LogP contribution is -2.28. The van der Waals surface area contributed by atoms with Crippen molar-refractivity contribution in [3.05, 3.63) is 30.1 Å². The maximum atomic E-state index is 4.36. The number of anilines is 1. The summed E-state index contributed by atoms with van der Waals surface area (Å²) in [7, 11) is 0. The van der Waals surface area contributed by atoms with Gasteiger partial charge in [-0.3, -0.25) is 0 Å². The summed E-state index contributed by atoms with van der Waals surface area (Å²) >= 11 is 0. The third-order valence-corrected chi connectivity index (χ3v) is 3.41. The largest absolute Gasteiger partial charge is 0.368 e. The molecule has 0 spiro atoms. The minimum Gasteiger partial charge on any atom is -0.368 e. The van der Waals surface area contributed by atoms with Crippen LogP contribution in [0.2, 0.25) is 0 Å². The topological polar surface area (TPSA) is 41.0 Å². The fourth-order valence-electron chi connectivity index (χ4n) is 2.18. The second kappa shape index (κ2) is 6.48. The fourth-order valence-corrected chi connectivity index (χ4v) is 2.18. The zero-order valence-electron chi connectivity index (χ0n) is 12.0. The minimum absolute atomic E-state index is 0.904. The van der Waals surface area contributed by atoms with Gasteiger partial charge in [0.1, 0.15) is 12.1 Å². The number of hydrogen-bond donors (Lipinski definition) is 1. The Kier molecular flexibility index (Phi) is 4.68. The van der Waals surface area contributed by atoms with Gasteiger partial charge in [0.05, 0.1) is 5.52 Å².